The highest BCUT2D eigenvalue weighted by atomic mass is 35.5. The molecule has 1 aromatic carbocycles. The van der Waals surface area contributed by atoms with Gasteiger partial charge in [0, 0.05) is 11.9 Å². The largest absolute Gasteiger partial charge is 0.339 e. The van der Waals surface area contributed by atoms with E-state index in [1.54, 1.807) is 12.3 Å². The molecule has 0 fully saturated rings. The van der Waals surface area contributed by atoms with Crippen molar-refractivity contribution in [2.45, 2.75) is 6.92 Å². The average molecular weight is 253 g/mol. The van der Waals surface area contributed by atoms with Crippen LogP contribution in [-0.2, 0) is 0 Å². The molecule has 0 saturated heterocycles. The van der Waals surface area contributed by atoms with Gasteiger partial charge in [0.15, 0.2) is 0 Å². The minimum absolute atomic E-state index is 0.508. The Kier molecular flexibility index (Phi) is 3.32. The van der Waals surface area contributed by atoms with Crippen LogP contribution in [0.5, 0.6) is 0 Å². The Morgan fingerprint density at radius 1 is 1.19 bits per heavy atom. The van der Waals surface area contributed by atoms with Crippen LogP contribution in [0, 0.1) is 6.92 Å². The third kappa shape index (κ3) is 2.65. The first-order valence-electron chi connectivity index (χ1n) is 4.80. The molecule has 0 aliphatic carbocycles. The van der Waals surface area contributed by atoms with Crippen molar-refractivity contribution in [3.8, 4) is 0 Å². The maximum absolute atomic E-state index is 6.01. The molecule has 16 heavy (non-hydrogen) atoms. The smallest absolute Gasteiger partial charge is 0.149 e. The van der Waals surface area contributed by atoms with Gasteiger partial charge in [-0.1, -0.05) is 35.3 Å². The Bertz CT molecular complexity index is 512. The van der Waals surface area contributed by atoms with E-state index in [4.69, 9.17) is 23.2 Å². The number of aryl methyl sites for hydroxylation is 1. The number of hydrogen-bond acceptors (Lipinski definition) is 2. The molecule has 1 N–H and O–H groups in total. The molecule has 0 saturated carbocycles. The molecule has 4 heteroatoms. The van der Waals surface area contributed by atoms with E-state index in [0.717, 1.165) is 5.69 Å². The van der Waals surface area contributed by atoms with Crippen molar-refractivity contribution in [3.05, 3.63) is 52.1 Å². The zero-order valence-corrected chi connectivity index (χ0v) is 10.2. The summed E-state index contributed by atoms with van der Waals surface area (Å²) in [5, 5.41) is 4.17. The van der Waals surface area contributed by atoms with Gasteiger partial charge in [-0.05, 0) is 30.7 Å². The van der Waals surface area contributed by atoms with Gasteiger partial charge in [-0.15, -0.1) is 0 Å². The molecule has 1 heterocycles. The minimum atomic E-state index is 0.508. The first-order valence-corrected chi connectivity index (χ1v) is 5.55. The van der Waals surface area contributed by atoms with Gasteiger partial charge in [0.1, 0.15) is 5.82 Å². The highest BCUT2D eigenvalue weighted by Crippen LogP contribution is 2.25. The summed E-state index contributed by atoms with van der Waals surface area (Å²) in [5.41, 5.74) is 2.13. The lowest BCUT2D eigenvalue weighted by molar-refractivity contribution is 1.30. The summed E-state index contributed by atoms with van der Waals surface area (Å²) in [6.45, 7) is 2.03. The van der Waals surface area contributed by atoms with Crippen LogP contribution in [-0.4, -0.2) is 4.98 Å². The minimum Gasteiger partial charge on any atom is -0.339 e. The summed E-state index contributed by atoms with van der Waals surface area (Å²) in [6, 6.07) is 9.64. The van der Waals surface area contributed by atoms with Crippen LogP contribution in [0.4, 0.5) is 11.5 Å². The summed E-state index contributed by atoms with van der Waals surface area (Å²) in [7, 11) is 0. The van der Waals surface area contributed by atoms with Gasteiger partial charge >= 0.3 is 0 Å². The highest BCUT2D eigenvalue weighted by molar-refractivity contribution is 6.36. The van der Waals surface area contributed by atoms with Crippen molar-refractivity contribution in [1.29, 1.82) is 0 Å². The molecule has 0 aliphatic heterocycles. The van der Waals surface area contributed by atoms with E-state index in [-0.39, 0.29) is 0 Å². The van der Waals surface area contributed by atoms with Gasteiger partial charge in [0.05, 0.1) is 10.0 Å². The fourth-order valence-electron chi connectivity index (χ4n) is 1.37. The van der Waals surface area contributed by atoms with Crippen LogP contribution in [0.25, 0.3) is 0 Å². The number of halogens is 2. The number of aromatic nitrogens is 1. The van der Waals surface area contributed by atoms with Crippen LogP contribution in [0.3, 0.4) is 0 Å². The number of nitrogens with zero attached hydrogens (tertiary/aromatic N) is 1. The lowest BCUT2D eigenvalue weighted by Gasteiger charge is -2.07. The fourth-order valence-corrected chi connectivity index (χ4v) is 1.79. The second kappa shape index (κ2) is 4.73. The number of benzene rings is 1. The predicted octanol–water partition coefficient (Wildman–Crippen LogP) is 4.44. The molecular formula is C12H10Cl2N2. The van der Waals surface area contributed by atoms with Gasteiger partial charge in [0.25, 0.3) is 0 Å². The Labute approximate surface area is 104 Å². The average Bonchev–Trinajstić information content (AvgIpc) is 2.22. The number of anilines is 2. The van der Waals surface area contributed by atoms with E-state index >= 15 is 0 Å². The second-order valence-corrected chi connectivity index (χ2v) is 4.32. The monoisotopic (exact) mass is 252 g/mol. The number of pyridine rings is 1. The van der Waals surface area contributed by atoms with Gasteiger partial charge in [0.2, 0.25) is 0 Å². The predicted molar refractivity (Wildman–Crippen MR) is 68.7 cm³/mol. The zero-order valence-electron chi connectivity index (χ0n) is 8.67. The molecule has 2 rings (SSSR count). The molecule has 0 bridgehead atoms. The zero-order chi connectivity index (χ0) is 11.5. The SMILES string of the molecule is Cc1cccc(Nc2ncc(Cl)cc2Cl)c1. The Morgan fingerprint density at radius 3 is 2.69 bits per heavy atom. The summed E-state index contributed by atoms with van der Waals surface area (Å²) >= 11 is 11.8. The lowest BCUT2D eigenvalue weighted by atomic mass is 10.2. The molecule has 0 atom stereocenters. The maximum Gasteiger partial charge on any atom is 0.149 e. The number of rotatable bonds is 2. The third-order valence-corrected chi connectivity index (χ3v) is 2.58. The summed E-state index contributed by atoms with van der Waals surface area (Å²) in [5.74, 6) is 0.608. The summed E-state index contributed by atoms with van der Waals surface area (Å²) in [4.78, 5) is 4.13. The molecule has 0 spiro atoms. The summed E-state index contributed by atoms with van der Waals surface area (Å²) in [6.07, 6.45) is 1.56. The van der Waals surface area contributed by atoms with Gasteiger partial charge in [-0.3, -0.25) is 0 Å². The van der Waals surface area contributed by atoms with Crippen molar-refractivity contribution in [2.24, 2.45) is 0 Å². The van der Waals surface area contributed by atoms with E-state index in [1.165, 1.54) is 5.56 Å². The molecule has 0 aliphatic rings. The van der Waals surface area contributed by atoms with Crippen molar-refractivity contribution >= 4 is 34.7 Å². The van der Waals surface area contributed by atoms with E-state index in [0.29, 0.717) is 15.9 Å². The Morgan fingerprint density at radius 2 is 2.00 bits per heavy atom. The van der Waals surface area contributed by atoms with Crippen LogP contribution in [0.2, 0.25) is 10.0 Å². The van der Waals surface area contributed by atoms with E-state index in [1.807, 2.05) is 31.2 Å². The molecule has 1 aromatic heterocycles. The second-order valence-electron chi connectivity index (χ2n) is 3.48. The van der Waals surface area contributed by atoms with Crippen LogP contribution in [0.15, 0.2) is 36.5 Å². The number of hydrogen-bond donors (Lipinski definition) is 1. The molecule has 82 valence electrons. The first-order chi connectivity index (χ1) is 7.65. The van der Waals surface area contributed by atoms with E-state index in [9.17, 15) is 0 Å². The highest BCUT2D eigenvalue weighted by Gasteiger charge is 2.03. The van der Waals surface area contributed by atoms with Gasteiger partial charge in [-0.25, -0.2) is 4.98 Å². The number of nitrogens with one attached hydrogen (secondary N) is 1. The van der Waals surface area contributed by atoms with Crippen LogP contribution >= 0.6 is 23.2 Å². The maximum atomic E-state index is 6.01. The standard InChI is InChI=1S/C12H10Cl2N2/c1-8-3-2-4-10(5-8)16-12-11(14)6-9(13)7-15-12/h2-7H,1H3,(H,15,16). The fraction of sp³-hybridized carbons (Fsp3) is 0.0833. The lowest BCUT2D eigenvalue weighted by Crippen LogP contribution is -1.94. The Balaban J connectivity index is 2.27. The van der Waals surface area contributed by atoms with Gasteiger partial charge in [-0.2, -0.15) is 0 Å². The summed E-state index contributed by atoms with van der Waals surface area (Å²) < 4.78 is 0. The van der Waals surface area contributed by atoms with Crippen molar-refractivity contribution in [3.63, 3.8) is 0 Å². The molecule has 0 amide bonds. The normalized spacial score (nSPS) is 10.2. The molecule has 0 radical (unpaired) electrons. The Hall–Kier alpha value is -1.25. The van der Waals surface area contributed by atoms with Crippen LogP contribution in [0.1, 0.15) is 5.56 Å². The third-order valence-electron chi connectivity index (χ3n) is 2.09. The molecule has 2 nitrogen and oxygen atoms in total. The molecular weight excluding hydrogens is 243 g/mol. The van der Waals surface area contributed by atoms with Crippen molar-refractivity contribution < 1.29 is 0 Å². The van der Waals surface area contributed by atoms with Crippen LogP contribution < -0.4 is 5.32 Å². The molecule has 2 aromatic rings. The van der Waals surface area contributed by atoms with Gasteiger partial charge < -0.3 is 5.32 Å². The molecule has 0 unspecified atom stereocenters. The van der Waals surface area contributed by atoms with E-state index < -0.39 is 0 Å². The first kappa shape index (κ1) is 11.2. The van der Waals surface area contributed by atoms with E-state index in [2.05, 4.69) is 10.3 Å². The quantitative estimate of drug-likeness (QED) is 0.855. The topological polar surface area (TPSA) is 24.9 Å². The van der Waals surface area contributed by atoms with Crippen molar-refractivity contribution in [2.75, 3.05) is 5.32 Å². The van der Waals surface area contributed by atoms with Crippen molar-refractivity contribution in [1.82, 2.24) is 4.98 Å².